The highest BCUT2D eigenvalue weighted by Crippen LogP contribution is 2.36. The quantitative estimate of drug-likeness (QED) is 0.678. The summed E-state index contributed by atoms with van der Waals surface area (Å²) in [6.07, 6.45) is -5.62. The Labute approximate surface area is 161 Å². The maximum absolute atomic E-state index is 13.1. The number of hydrogen-bond acceptors (Lipinski definition) is 2. The van der Waals surface area contributed by atoms with E-state index in [1.54, 1.807) is 12.1 Å². The van der Waals surface area contributed by atoms with E-state index in [0.717, 1.165) is 17.7 Å². The normalized spacial score (nSPS) is 13.2. The van der Waals surface area contributed by atoms with Gasteiger partial charge in [0.05, 0.1) is 11.3 Å². The van der Waals surface area contributed by atoms with E-state index in [2.05, 4.69) is 26.1 Å². The van der Waals surface area contributed by atoms with Gasteiger partial charge in [-0.1, -0.05) is 44.5 Å². The predicted molar refractivity (Wildman–Crippen MR) is 100 cm³/mol. The maximum atomic E-state index is 13.1. The Balaban J connectivity index is 2.11. The zero-order chi connectivity index (χ0) is 20.4. The number of hydrogen-bond donors (Lipinski definition) is 1. The zero-order valence-electron chi connectivity index (χ0n) is 15.4. The summed E-state index contributed by atoms with van der Waals surface area (Å²) in [7, 11) is 0. The summed E-state index contributed by atoms with van der Waals surface area (Å²) >= 11 is 5.64. The van der Waals surface area contributed by atoms with Gasteiger partial charge in [-0.3, -0.25) is 4.79 Å². The molecule has 1 atom stereocenters. The number of nitrogens with one attached hydrogen (secondary N) is 1. The molecule has 2 rings (SSSR count). The molecule has 2 aromatic carbocycles. The van der Waals surface area contributed by atoms with Crippen molar-refractivity contribution in [2.24, 2.45) is 0 Å². The fraction of sp³-hybridized carbons (Fsp3) is 0.350. The minimum Gasteiger partial charge on any atom is -0.481 e. The number of carbonyl (C=O) groups is 1. The lowest BCUT2D eigenvalue weighted by molar-refractivity contribution is -0.137. The van der Waals surface area contributed by atoms with Crippen molar-refractivity contribution in [1.82, 2.24) is 0 Å². The average Bonchev–Trinajstić information content (AvgIpc) is 2.55. The molecular weight excluding hydrogens is 379 g/mol. The fourth-order valence-corrected chi connectivity index (χ4v) is 2.56. The predicted octanol–water partition coefficient (Wildman–Crippen LogP) is 6.06. The van der Waals surface area contributed by atoms with E-state index in [1.807, 2.05) is 12.1 Å². The first-order valence-corrected chi connectivity index (χ1v) is 8.70. The topological polar surface area (TPSA) is 38.3 Å². The summed E-state index contributed by atoms with van der Waals surface area (Å²) in [4.78, 5) is 12.3. The number of rotatable bonds is 4. The summed E-state index contributed by atoms with van der Waals surface area (Å²) in [5.41, 5.74) is -0.298. The van der Waals surface area contributed by atoms with Gasteiger partial charge < -0.3 is 10.1 Å². The van der Waals surface area contributed by atoms with Crippen LogP contribution in [0.2, 0.25) is 5.02 Å². The number of benzene rings is 2. The second-order valence-electron chi connectivity index (χ2n) is 7.21. The second-order valence-corrected chi connectivity index (χ2v) is 7.65. The average molecular weight is 400 g/mol. The molecule has 0 heterocycles. The monoisotopic (exact) mass is 399 g/mol. The Morgan fingerprint density at radius 3 is 2.19 bits per heavy atom. The lowest BCUT2D eigenvalue weighted by Crippen LogP contribution is -2.31. The van der Waals surface area contributed by atoms with Gasteiger partial charge in [-0.2, -0.15) is 13.2 Å². The molecule has 0 aromatic heterocycles. The molecule has 1 N–H and O–H groups in total. The van der Waals surface area contributed by atoms with Gasteiger partial charge in [0.2, 0.25) is 0 Å². The lowest BCUT2D eigenvalue weighted by atomic mass is 9.87. The van der Waals surface area contributed by atoms with Crippen molar-refractivity contribution in [2.75, 3.05) is 5.32 Å². The number of alkyl halides is 3. The van der Waals surface area contributed by atoms with Crippen LogP contribution in [0, 0.1) is 0 Å². The van der Waals surface area contributed by atoms with E-state index in [9.17, 15) is 18.0 Å². The molecule has 2 aromatic rings. The lowest BCUT2D eigenvalue weighted by Gasteiger charge is -2.20. The van der Waals surface area contributed by atoms with Crippen LogP contribution in [-0.4, -0.2) is 12.0 Å². The maximum Gasteiger partial charge on any atom is 0.418 e. The first-order valence-electron chi connectivity index (χ1n) is 8.33. The third-order valence-electron chi connectivity index (χ3n) is 3.95. The van der Waals surface area contributed by atoms with Crippen molar-refractivity contribution < 1.29 is 22.7 Å². The van der Waals surface area contributed by atoms with Gasteiger partial charge in [0.25, 0.3) is 5.91 Å². The van der Waals surface area contributed by atoms with Crippen molar-refractivity contribution in [1.29, 1.82) is 0 Å². The van der Waals surface area contributed by atoms with Crippen LogP contribution in [0.3, 0.4) is 0 Å². The Bertz CT molecular complexity index is 811. The Morgan fingerprint density at radius 1 is 1.07 bits per heavy atom. The molecule has 1 amide bonds. The van der Waals surface area contributed by atoms with E-state index in [0.29, 0.717) is 5.75 Å². The standard InChI is InChI=1S/C20H21ClF3NO2/c1-12(27-15-8-5-13(6-9-15)19(2,3)4)18(26)25-17-10-7-14(21)11-16(17)20(22,23)24/h5-12H,1-4H3,(H,25,26)/t12-/m1/s1. The van der Waals surface area contributed by atoms with Crippen molar-refractivity contribution in [3.05, 3.63) is 58.6 Å². The zero-order valence-corrected chi connectivity index (χ0v) is 16.2. The Kier molecular flexibility index (Phi) is 6.10. The van der Waals surface area contributed by atoms with Gasteiger partial charge in [0, 0.05) is 5.02 Å². The van der Waals surface area contributed by atoms with Crippen molar-refractivity contribution in [3.8, 4) is 5.75 Å². The van der Waals surface area contributed by atoms with Gasteiger partial charge in [0.1, 0.15) is 5.75 Å². The molecule has 0 spiro atoms. The van der Waals surface area contributed by atoms with Crippen LogP contribution in [0.25, 0.3) is 0 Å². The molecule has 0 aliphatic rings. The molecule has 0 radical (unpaired) electrons. The summed E-state index contributed by atoms with van der Waals surface area (Å²) in [5, 5.41) is 2.19. The third kappa shape index (κ3) is 5.63. The van der Waals surface area contributed by atoms with Crippen LogP contribution in [0.1, 0.15) is 38.8 Å². The Hall–Kier alpha value is -2.21. The minimum absolute atomic E-state index is 0.0237. The fourth-order valence-electron chi connectivity index (χ4n) is 2.39. The van der Waals surface area contributed by atoms with Gasteiger partial charge in [-0.25, -0.2) is 0 Å². The van der Waals surface area contributed by atoms with Crippen LogP contribution in [0.4, 0.5) is 18.9 Å². The number of halogens is 4. The minimum atomic E-state index is -4.64. The number of anilines is 1. The van der Waals surface area contributed by atoms with Crippen molar-refractivity contribution >= 4 is 23.2 Å². The number of carbonyl (C=O) groups excluding carboxylic acids is 1. The van der Waals surface area contributed by atoms with Gasteiger partial charge in [-0.15, -0.1) is 0 Å². The molecule has 0 fully saturated rings. The molecule has 0 unspecified atom stereocenters. The van der Waals surface area contributed by atoms with E-state index in [-0.39, 0.29) is 16.1 Å². The molecule has 7 heteroatoms. The summed E-state index contributed by atoms with van der Waals surface area (Å²) in [6, 6.07) is 10.4. The smallest absolute Gasteiger partial charge is 0.418 e. The molecule has 0 aliphatic carbocycles. The SMILES string of the molecule is C[C@@H](Oc1ccc(C(C)(C)C)cc1)C(=O)Nc1ccc(Cl)cc1C(F)(F)F. The van der Waals surface area contributed by atoms with E-state index < -0.39 is 23.8 Å². The number of ether oxygens (including phenoxy) is 1. The van der Waals surface area contributed by atoms with Crippen LogP contribution in [0.15, 0.2) is 42.5 Å². The van der Waals surface area contributed by atoms with Crippen molar-refractivity contribution in [3.63, 3.8) is 0 Å². The van der Waals surface area contributed by atoms with E-state index >= 15 is 0 Å². The van der Waals surface area contributed by atoms with E-state index in [1.165, 1.54) is 13.0 Å². The van der Waals surface area contributed by atoms with Gasteiger partial charge in [0.15, 0.2) is 6.10 Å². The molecule has 0 saturated carbocycles. The molecule has 0 saturated heterocycles. The second kappa shape index (κ2) is 7.80. The van der Waals surface area contributed by atoms with Crippen LogP contribution >= 0.6 is 11.6 Å². The first kappa shape index (κ1) is 21.1. The highest BCUT2D eigenvalue weighted by molar-refractivity contribution is 6.30. The third-order valence-corrected chi connectivity index (χ3v) is 4.18. The molecule has 27 heavy (non-hydrogen) atoms. The summed E-state index contributed by atoms with van der Waals surface area (Å²) in [6.45, 7) is 7.69. The summed E-state index contributed by atoms with van der Waals surface area (Å²) < 4.78 is 44.9. The first-order chi connectivity index (χ1) is 12.4. The molecule has 0 aliphatic heterocycles. The van der Waals surface area contributed by atoms with Crippen LogP contribution < -0.4 is 10.1 Å². The van der Waals surface area contributed by atoms with Gasteiger partial charge in [-0.05, 0) is 48.2 Å². The van der Waals surface area contributed by atoms with Crippen LogP contribution in [-0.2, 0) is 16.4 Å². The largest absolute Gasteiger partial charge is 0.481 e. The number of amides is 1. The van der Waals surface area contributed by atoms with Gasteiger partial charge >= 0.3 is 6.18 Å². The molecule has 0 bridgehead atoms. The molecular formula is C20H21ClF3NO2. The highest BCUT2D eigenvalue weighted by atomic mass is 35.5. The van der Waals surface area contributed by atoms with E-state index in [4.69, 9.17) is 16.3 Å². The van der Waals surface area contributed by atoms with Crippen molar-refractivity contribution in [2.45, 2.75) is 45.4 Å². The summed E-state index contributed by atoms with van der Waals surface area (Å²) in [5.74, 6) is -0.236. The molecule has 3 nitrogen and oxygen atoms in total. The Morgan fingerprint density at radius 2 is 1.67 bits per heavy atom. The van der Waals surface area contributed by atoms with Crippen LogP contribution in [0.5, 0.6) is 5.75 Å². The molecule has 146 valence electrons. The highest BCUT2D eigenvalue weighted by Gasteiger charge is 2.34.